The van der Waals surface area contributed by atoms with Crippen molar-refractivity contribution in [2.75, 3.05) is 13.2 Å². The zero-order valence-electron chi connectivity index (χ0n) is 14.3. The third-order valence-corrected chi connectivity index (χ3v) is 5.92. The minimum absolute atomic E-state index is 0.0790. The van der Waals surface area contributed by atoms with Crippen LogP contribution in [0.4, 0.5) is 0 Å². The number of nitrogens with zero attached hydrogens (tertiary/aromatic N) is 1. The molecule has 0 radical (unpaired) electrons. The van der Waals surface area contributed by atoms with Crippen molar-refractivity contribution in [2.24, 2.45) is 0 Å². The van der Waals surface area contributed by atoms with Gasteiger partial charge in [0, 0.05) is 12.0 Å². The van der Waals surface area contributed by atoms with Crippen LogP contribution in [0.1, 0.15) is 42.6 Å². The highest BCUT2D eigenvalue weighted by Crippen LogP contribution is 2.51. The number of carbonyl (C=O) groups is 3. The molecule has 1 aromatic carbocycles. The molecule has 0 unspecified atom stereocenters. The van der Waals surface area contributed by atoms with Crippen LogP contribution in [0.3, 0.4) is 0 Å². The average molecular weight is 367 g/mol. The number of rotatable bonds is 8. The van der Waals surface area contributed by atoms with Gasteiger partial charge in [0.25, 0.3) is 5.91 Å². The maximum absolute atomic E-state index is 12.8. The quantitative estimate of drug-likeness (QED) is 0.399. The highest BCUT2D eigenvalue weighted by Gasteiger charge is 2.37. The highest BCUT2D eigenvalue weighted by molar-refractivity contribution is 7.53. The van der Waals surface area contributed by atoms with Gasteiger partial charge < -0.3 is 13.8 Å². The molecule has 0 aromatic heterocycles. The van der Waals surface area contributed by atoms with Crippen LogP contribution in [-0.4, -0.2) is 42.3 Å². The largest absolute Gasteiger partial charge is 0.335 e. The van der Waals surface area contributed by atoms with Crippen molar-refractivity contribution in [1.82, 2.24) is 4.90 Å². The molecule has 1 aliphatic heterocycles. The van der Waals surface area contributed by atoms with Crippen LogP contribution >= 0.6 is 7.60 Å². The Kier molecular flexibility index (Phi) is 6.64. The summed E-state index contributed by atoms with van der Waals surface area (Å²) in [6, 6.07) is 5.80. The molecule has 25 heavy (non-hydrogen) atoms. The van der Waals surface area contributed by atoms with E-state index in [2.05, 4.69) is 0 Å². The molecule has 1 fully saturated rings. The smallest absolute Gasteiger partial charge is 0.309 e. The predicted molar refractivity (Wildman–Crippen MR) is 91.3 cm³/mol. The molecule has 1 atom stereocenters. The topological polar surface area (TPSA) is 90.0 Å². The van der Waals surface area contributed by atoms with E-state index >= 15 is 0 Å². The Labute approximate surface area is 146 Å². The molecule has 0 aliphatic carbocycles. The number of amides is 2. The molecule has 0 N–H and O–H groups in total. The average Bonchev–Trinajstić information content (AvgIpc) is 2.95. The molecule has 1 aromatic rings. The first-order chi connectivity index (χ1) is 12.0. The summed E-state index contributed by atoms with van der Waals surface area (Å²) >= 11 is 0. The summed E-state index contributed by atoms with van der Waals surface area (Å²) in [7, 11) is -3.40. The van der Waals surface area contributed by atoms with E-state index < -0.39 is 19.5 Å². The lowest BCUT2D eigenvalue weighted by molar-refractivity contribution is -0.128. The van der Waals surface area contributed by atoms with E-state index in [0.717, 1.165) is 4.90 Å². The summed E-state index contributed by atoms with van der Waals surface area (Å²) in [5.41, 5.74) is 0.686. The Bertz CT molecular complexity index is 694. The Balaban J connectivity index is 2.34. The summed E-state index contributed by atoms with van der Waals surface area (Å²) in [6.45, 7) is 3.84. The zero-order chi connectivity index (χ0) is 18.4. The first-order valence-electron chi connectivity index (χ1n) is 8.23. The summed E-state index contributed by atoms with van der Waals surface area (Å²) < 4.78 is 23.3. The highest BCUT2D eigenvalue weighted by atomic mass is 31.2. The molecule has 136 valence electrons. The molecule has 1 heterocycles. The van der Waals surface area contributed by atoms with E-state index in [1.54, 1.807) is 38.1 Å². The van der Waals surface area contributed by atoms with Gasteiger partial charge in [0.2, 0.25) is 5.91 Å². The first kappa shape index (κ1) is 19.5. The van der Waals surface area contributed by atoms with Gasteiger partial charge in [-0.2, -0.15) is 0 Å². The molecule has 1 saturated heterocycles. The van der Waals surface area contributed by atoms with Gasteiger partial charge in [-0.1, -0.05) is 18.2 Å². The van der Waals surface area contributed by atoms with Crippen molar-refractivity contribution in [3.8, 4) is 0 Å². The normalized spacial score (nSPS) is 17.8. The molecule has 7 nitrogen and oxygen atoms in total. The molecule has 1 aliphatic rings. The lowest BCUT2D eigenvalue weighted by Gasteiger charge is -2.22. The van der Waals surface area contributed by atoms with Gasteiger partial charge in [-0.15, -0.1) is 0 Å². The standard InChI is InChI=1S/C17H22NO6P/c1-3-23-25(22,24-4-2)12-13-7-5-6-8-15(13)17(21)18-14(11-19)9-10-16(18)20/h5-8,11,14H,3-4,9-10,12H2,1-2H3/t14-/m0/s1. The summed E-state index contributed by atoms with van der Waals surface area (Å²) in [5, 5.41) is 0. The van der Waals surface area contributed by atoms with Crippen molar-refractivity contribution in [3.05, 3.63) is 35.4 Å². The lowest BCUT2D eigenvalue weighted by atomic mass is 10.1. The van der Waals surface area contributed by atoms with Crippen molar-refractivity contribution in [2.45, 2.75) is 38.9 Å². The third-order valence-electron chi connectivity index (χ3n) is 3.89. The van der Waals surface area contributed by atoms with Gasteiger partial charge in [0.05, 0.1) is 25.4 Å². The fourth-order valence-corrected chi connectivity index (χ4v) is 4.56. The SMILES string of the molecule is CCOP(=O)(Cc1ccccc1C(=O)N1C(=O)CC[C@H]1C=O)OCC. The number of hydrogen-bond acceptors (Lipinski definition) is 6. The second kappa shape index (κ2) is 8.52. The van der Waals surface area contributed by atoms with E-state index in [-0.39, 0.29) is 37.3 Å². The van der Waals surface area contributed by atoms with Crippen molar-refractivity contribution in [1.29, 1.82) is 0 Å². The molecule has 0 bridgehead atoms. The number of benzene rings is 1. The Morgan fingerprint density at radius 1 is 1.28 bits per heavy atom. The van der Waals surface area contributed by atoms with E-state index in [4.69, 9.17) is 9.05 Å². The molecule has 2 rings (SSSR count). The van der Waals surface area contributed by atoms with Gasteiger partial charge in [-0.05, 0) is 31.9 Å². The van der Waals surface area contributed by atoms with Crippen LogP contribution < -0.4 is 0 Å². The van der Waals surface area contributed by atoms with Crippen LogP contribution in [0.2, 0.25) is 0 Å². The molecular formula is C17H22NO6P. The first-order valence-corrected chi connectivity index (χ1v) is 9.96. The zero-order valence-corrected chi connectivity index (χ0v) is 15.2. The van der Waals surface area contributed by atoms with Crippen molar-refractivity contribution >= 4 is 25.7 Å². The Hall–Kier alpha value is -1.82. The molecule has 8 heteroatoms. The fourth-order valence-electron chi connectivity index (χ4n) is 2.83. The molecular weight excluding hydrogens is 345 g/mol. The minimum Gasteiger partial charge on any atom is -0.309 e. The molecule has 2 amide bonds. The van der Waals surface area contributed by atoms with Crippen LogP contribution in [0, 0.1) is 0 Å². The number of carbonyl (C=O) groups excluding carboxylic acids is 3. The summed E-state index contributed by atoms with van der Waals surface area (Å²) in [5.74, 6) is -0.940. The Morgan fingerprint density at radius 3 is 2.52 bits per heavy atom. The van der Waals surface area contributed by atoms with E-state index in [0.29, 0.717) is 18.3 Å². The molecule has 0 spiro atoms. The van der Waals surface area contributed by atoms with Crippen LogP contribution in [-0.2, 0) is 29.4 Å². The molecule has 0 saturated carbocycles. The summed E-state index contributed by atoms with van der Waals surface area (Å²) in [6.07, 6.45) is 1.02. The lowest BCUT2D eigenvalue weighted by Crippen LogP contribution is -2.39. The third kappa shape index (κ3) is 4.42. The van der Waals surface area contributed by atoms with Gasteiger partial charge in [-0.25, -0.2) is 0 Å². The number of hydrogen-bond donors (Lipinski definition) is 0. The maximum Gasteiger partial charge on any atom is 0.335 e. The van der Waals surface area contributed by atoms with Gasteiger partial charge in [0.1, 0.15) is 6.29 Å². The van der Waals surface area contributed by atoms with Crippen molar-refractivity contribution < 1.29 is 28.0 Å². The van der Waals surface area contributed by atoms with E-state index in [9.17, 15) is 18.9 Å². The number of likely N-dealkylation sites (tertiary alicyclic amines) is 1. The van der Waals surface area contributed by atoms with Crippen LogP contribution in [0.15, 0.2) is 24.3 Å². The van der Waals surface area contributed by atoms with Gasteiger partial charge in [0.15, 0.2) is 0 Å². The fraction of sp³-hybridized carbons (Fsp3) is 0.471. The van der Waals surface area contributed by atoms with Gasteiger partial charge in [-0.3, -0.25) is 19.1 Å². The van der Waals surface area contributed by atoms with Crippen molar-refractivity contribution in [3.63, 3.8) is 0 Å². The van der Waals surface area contributed by atoms with Crippen LogP contribution in [0.5, 0.6) is 0 Å². The Morgan fingerprint density at radius 2 is 1.92 bits per heavy atom. The number of imide groups is 1. The van der Waals surface area contributed by atoms with Gasteiger partial charge >= 0.3 is 7.60 Å². The second-order valence-corrected chi connectivity index (χ2v) is 7.63. The monoisotopic (exact) mass is 367 g/mol. The number of aldehydes is 1. The van der Waals surface area contributed by atoms with E-state index in [1.807, 2.05) is 0 Å². The summed E-state index contributed by atoms with van der Waals surface area (Å²) in [4.78, 5) is 37.0. The maximum atomic E-state index is 12.8. The van der Waals surface area contributed by atoms with E-state index in [1.165, 1.54) is 0 Å². The minimum atomic E-state index is -3.40. The second-order valence-electron chi connectivity index (χ2n) is 5.57. The van der Waals surface area contributed by atoms with Crippen LogP contribution in [0.25, 0.3) is 0 Å². The predicted octanol–water partition coefficient (Wildman–Crippen LogP) is 2.78.